The number of hydrogen-bond donors (Lipinski definition) is 1. The van der Waals surface area contributed by atoms with Gasteiger partial charge in [-0.3, -0.25) is 4.90 Å². The number of rotatable bonds is 5. The molecule has 0 aliphatic carbocycles. The Morgan fingerprint density at radius 2 is 2.14 bits per heavy atom. The highest BCUT2D eigenvalue weighted by atomic mass is 16.5. The van der Waals surface area contributed by atoms with Gasteiger partial charge in [-0.1, -0.05) is 5.16 Å². The van der Waals surface area contributed by atoms with Gasteiger partial charge in [0.25, 0.3) is 0 Å². The predicted molar refractivity (Wildman–Crippen MR) is 82.7 cm³/mol. The van der Waals surface area contributed by atoms with Crippen molar-refractivity contribution < 1.29 is 14.1 Å². The lowest BCUT2D eigenvalue weighted by atomic mass is 10.2. The second-order valence-electron chi connectivity index (χ2n) is 5.64. The molecular weight excluding hydrogens is 284 g/mol. The minimum atomic E-state index is -0.00348. The maximum Gasteiger partial charge on any atom is 0.317 e. The fraction of sp³-hybridized carbons (Fsp3) is 0.733. The average molecular weight is 310 g/mol. The van der Waals surface area contributed by atoms with Crippen LogP contribution in [0.3, 0.4) is 0 Å². The van der Waals surface area contributed by atoms with Crippen LogP contribution in [-0.2, 0) is 11.3 Å². The van der Waals surface area contributed by atoms with Crippen LogP contribution >= 0.6 is 0 Å². The zero-order chi connectivity index (χ0) is 15.9. The first kappa shape index (κ1) is 16.8. The molecule has 2 heterocycles. The first-order valence-corrected chi connectivity index (χ1v) is 7.77. The maximum atomic E-state index is 12.1. The van der Waals surface area contributed by atoms with Gasteiger partial charge in [-0.25, -0.2) is 4.79 Å². The number of urea groups is 1. The third-order valence-electron chi connectivity index (χ3n) is 4.02. The highest BCUT2D eigenvalue weighted by Gasteiger charge is 2.20. The van der Waals surface area contributed by atoms with E-state index in [2.05, 4.69) is 15.4 Å². The molecule has 1 N–H and O–H groups in total. The molecule has 22 heavy (non-hydrogen) atoms. The quantitative estimate of drug-likeness (QED) is 0.826. The molecule has 7 heteroatoms. The van der Waals surface area contributed by atoms with Gasteiger partial charge in [-0.05, 0) is 20.3 Å². The van der Waals surface area contributed by atoms with E-state index in [1.165, 1.54) is 0 Å². The fourth-order valence-electron chi connectivity index (χ4n) is 2.66. The molecule has 1 aliphatic rings. The third kappa shape index (κ3) is 4.45. The summed E-state index contributed by atoms with van der Waals surface area (Å²) in [6.45, 7) is 9.21. The van der Waals surface area contributed by atoms with Gasteiger partial charge in [0.05, 0.1) is 12.3 Å². The second-order valence-corrected chi connectivity index (χ2v) is 5.64. The molecule has 0 bridgehead atoms. The van der Waals surface area contributed by atoms with Crippen molar-refractivity contribution in [3.8, 4) is 0 Å². The molecule has 0 saturated carbocycles. The Balaban J connectivity index is 1.83. The molecule has 124 valence electrons. The van der Waals surface area contributed by atoms with Crippen LogP contribution in [0.15, 0.2) is 4.52 Å². The van der Waals surface area contributed by atoms with Crippen molar-refractivity contribution in [2.24, 2.45) is 0 Å². The van der Waals surface area contributed by atoms with E-state index in [0.717, 1.165) is 56.2 Å². The summed E-state index contributed by atoms with van der Waals surface area (Å²) in [5, 5.41) is 6.88. The van der Waals surface area contributed by atoms with E-state index in [1.54, 1.807) is 7.11 Å². The number of amides is 2. The molecule has 7 nitrogen and oxygen atoms in total. The van der Waals surface area contributed by atoms with E-state index in [9.17, 15) is 4.79 Å². The largest absolute Gasteiger partial charge is 0.383 e. The summed E-state index contributed by atoms with van der Waals surface area (Å²) < 4.78 is 10.2. The van der Waals surface area contributed by atoms with Gasteiger partial charge in [-0.2, -0.15) is 0 Å². The SMILES string of the molecule is COCCNC(=O)N1CCCN(Cc2c(C)noc2C)CC1. The van der Waals surface area contributed by atoms with Crippen molar-refractivity contribution in [2.45, 2.75) is 26.8 Å². The number of aryl methyl sites for hydroxylation is 2. The van der Waals surface area contributed by atoms with Gasteiger partial charge in [0.15, 0.2) is 0 Å². The summed E-state index contributed by atoms with van der Waals surface area (Å²) in [6.07, 6.45) is 0.973. The zero-order valence-electron chi connectivity index (χ0n) is 13.7. The zero-order valence-corrected chi connectivity index (χ0v) is 13.7. The number of aromatic nitrogens is 1. The van der Waals surface area contributed by atoms with Gasteiger partial charge in [0, 0.05) is 51.9 Å². The summed E-state index contributed by atoms with van der Waals surface area (Å²) in [7, 11) is 1.63. The van der Waals surface area contributed by atoms with Crippen LogP contribution in [0.2, 0.25) is 0 Å². The van der Waals surface area contributed by atoms with Crippen molar-refractivity contribution in [3.63, 3.8) is 0 Å². The lowest BCUT2D eigenvalue weighted by molar-refractivity contribution is 0.179. The first-order chi connectivity index (χ1) is 10.6. The van der Waals surface area contributed by atoms with Crippen LogP contribution in [-0.4, -0.2) is 67.4 Å². The van der Waals surface area contributed by atoms with Gasteiger partial charge < -0.3 is 19.5 Å². The van der Waals surface area contributed by atoms with Crippen LogP contribution in [0, 0.1) is 13.8 Å². The van der Waals surface area contributed by atoms with Gasteiger partial charge in [0.1, 0.15) is 5.76 Å². The molecule has 2 amide bonds. The highest BCUT2D eigenvalue weighted by Crippen LogP contribution is 2.16. The number of nitrogens with one attached hydrogen (secondary N) is 1. The molecule has 0 unspecified atom stereocenters. The Labute approximate surface area is 131 Å². The lowest BCUT2D eigenvalue weighted by Crippen LogP contribution is -2.43. The normalized spacial score (nSPS) is 16.6. The van der Waals surface area contributed by atoms with E-state index in [4.69, 9.17) is 9.26 Å². The number of carbonyl (C=O) groups excluding carboxylic acids is 1. The molecule has 2 rings (SSSR count). The molecule has 0 spiro atoms. The second kappa shape index (κ2) is 8.14. The molecule has 1 aromatic heterocycles. The molecule has 0 atom stereocenters. The molecular formula is C15H26N4O3. The fourth-order valence-corrected chi connectivity index (χ4v) is 2.66. The van der Waals surface area contributed by atoms with E-state index in [1.807, 2.05) is 18.7 Å². The standard InChI is InChI=1S/C15H26N4O3/c1-12-14(13(2)22-17-12)11-18-6-4-7-19(9-8-18)15(20)16-5-10-21-3/h4-11H2,1-3H3,(H,16,20). The number of methoxy groups -OCH3 is 1. The van der Waals surface area contributed by atoms with Crippen molar-refractivity contribution in [1.29, 1.82) is 0 Å². The summed E-state index contributed by atoms with van der Waals surface area (Å²) in [4.78, 5) is 16.3. The van der Waals surface area contributed by atoms with Gasteiger partial charge in [-0.15, -0.1) is 0 Å². The number of ether oxygens (including phenoxy) is 1. The average Bonchev–Trinajstić information content (AvgIpc) is 2.71. The summed E-state index contributed by atoms with van der Waals surface area (Å²) in [6, 6.07) is -0.00348. The topological polar surface area (TPSA) is 70.8 Å². The van der Waals surface area contributed by atoms with E-state index >= 15 is 0 Å². The van der Waals surface area contributed by atoms with Crippen LogP contribution in [0.5, 0.6) is 0 Å². The summed E-state index contributed by atoms with van der Waals surface area (Å²) in [5.74, 6) is 0.885. The Morgan fingerprint density at radius 1 is 1.32 bits per heavy atom. The van der Waals surface area contributed by atoms with E-state index in [0.29, 0.717) is 13.2 Å². The summed E-state index contributed by atoms with van der Waals surface area (Å²) >= 11 is 0. The summed E-state index contributed by atoms with van der Waals surface area (Å²) in [5.41, 5.74) is 2.12. The molecule has 1 aromatic rings. The molecule has 0 radical (unpaired) electrons. The van der Waals surface area contributed by atoms with Crippen molar-refractivity contribution in [1.82, 2.24) is 20.3 Å². The molecule has 1 saturated heterocycles. The Kier molecular flexibility index (Phi) is 6.21. The smallest absolute Gasteiger partial charge is 0.317 e. The number of hydrogen-bond acceptors (Lipinski definition) is 5. The van der Waals surface area contributed by atoms with Crippen molar-refractivity contribution in [3.05, 3.63) is 17.0 Å². The maximum absolute atomic E-state index is 12.1. The Bertz CT molecular complexity index is 470. The van der Waals surface area contributed by atoms with E-state index < -0.39 is 0 Å². The number of carbonyl (C=O) groups is 1. The Morgan fingerprint density at radius 3 is 2.82 bits per heavy atom. The van der Waals surface area contributed by atoms with Crippen LogP contribution in [0.1, 0.15) is 23.4 Å². The first-order valence-electron chi connectivity index (χ1n) is 7.77. The molecule has 0 aromatic carbocycles. The minimum absolute atomic E-state index is 0.00348. The minimum Gasteiger partial charge on any atom is -0.383 e. The highest BCUT2D eigenvalue weighted by molar-refractivity contribution is 5.74. The monoisotopic (exact) mass is 310 g/mol. The van der Waals surface area contributed by atoms with Crippen molar-refractivity contribution >= 4 is 6.03 Å². The van der Waals surface area contributed by atoms with Crippen LogP contribution in [0.4, 0.5) is 4.79 Å². The third-order valence-corrected chi connectivity index (χ3v) is 4.02. The predicted octanol–water partition coefficient (Wildman–Crippen LogP) is 1.16. The molecule has 1 fully saturated rings. The van der Waals surface area contributed by atoms with E-state index in [-0.39, 0.29) is 6.03 Å². The molecule has 1 aliphatic heterocycles. The van der Waals surface area contributed by atoms with Gasteiger partial charge >= 0.3 is 6.03 Å². The van der Waals surface area contributed by atoms with Crippen LogP contribution in [0.25, 0.3) is 0 Å². The lowest BCUT2D eigenvalue weighted by Gasteiger charge is -2.22. The van der Waals surface area contributed by atoms with Gasteiger partial charge in [0.2, 0.25) is 0 Å². The van der Waals surface area contributed by atoms with Crippen molar-refractivity contribution in [2.75, 3.05) is 46.4 Å². The number of nitrogens with zero attached hydrogens (tertiary/aromatic N) is 3. The Hall–Kier alpha value is -1.60. The van der Waals surface area contributed by atoms with Crippen LogP contribution < -0.4 is 5.32 Å².